The normalized spacial score (nSPS) is 19.1. The van der Waals surface area contributed by atoms with E-state index in [9.17, 15) is 4.79 Å². The fourth-order valence-electron chi connectivity index (χ4n) is 2.36. The number of likely N-dealkylation sites (N-methyl/N-ethyl adjacent to an activating group) is 1. The van der Waals surface area contributed by atoms with E-state index in [4.69, 9.17) is 4.74 Å². The monoisotopic (exact) mass is 248 g/mol. The molecule has 1 N–H and O–H groups in total. The predicted octanol–water partition coefficient (Wildman–Crippen LogP) is 1.06. The van der Waals surface area contributed by atoms with E-state index in [0.29, 0.717) is 0 Å². The van der Waals surface area contributed by atoms with Crippen molar-refractivity contribution in [2.24, 2.45) is 0 Å². The Hall–Kier alpha value is -1.55. The van der Waals surface area contributed by atoms with E-state index in [1.165, 1.54) is 5.56 Å². The molecule has 1 aromatic rings. The number of para-hydroxylation sites is 1. The molecule has 0 bridgehead atoms. The van der Waals surface area contributed by atoms with Crippen LogP contribution < -0.4 is 10.1 Å². The van der Waals surface area contributed by atoms with Gasteiger partial charge in [0.15, 0.2) is 0 Å². The van der Waals surface area contributed by atoms with Crippen molar-refractivity contribution in [2.45, 2.75) is 18.9 Å². The molecule has 2 rings (SSSR count). The van der Waals surface area contributed by atoms with Crippen LogP contribution >= 0.6 is 0 Å². The summed E-state index contributed by atoms with van der Waals surface area (Å²) in [5, 5.41) is 2.87. The number of nitrogens with one attached hydrogen (secondary N) is 1. The maximum Gasteiger partial charge on any atom is 0.237 e. The average molecular weight is 248 g/mol. The topological polar surface area (TPSA) is 41.6 Å². The van der Waals surface area contributed by atoms with Crippen LogP contribution in [0.15, 0.2) is 24.3 Å². The zero-order valence-electron chi connectivity index (χ0n) is 11.0. The molecule has 0 aliphatic carbocycles. The standard InChI is InChI=1S/C14H20N2O2/c1-16(12-7-9-15-14(12)17)10-8-11-5-3-4-6-13(11)18-2/h3-6,12H,7-10H2,1-2H3,(H,15,17)/t12-/m1/s1. The first kappa shape index (κ1) is 12.9. The van der Waals surface area contributed by atoms with Gasteiger partial charge in [-0.25, -0.2) is 0 Å². The smallest absolute Gasteiger partial charge is 0.237 e. The van der Waals surface area contributed by atoms with Gasteiger partial charge in [-0.1, -0.05) is 18.2 Å². The molecule has 1 atom stereocenters. The van der Waals surface area contributed by atoms with Gasteiger partial charge in [0, 0.05) is 13.1 Å². The van der Waals surface area contributed by atoms with Gasteiger partial charge in [0.2, 0.25) is 5.91 Å². The summed E-state index contributed by atoms with van der Waals surface area (Å²) < 4.78 is 5.33. The third-order valence-corrected chi connectivity index (χ3v) is 3.48. The second kappa shape index (κ2) is 5.87. The molecule has 1 fully saturated rings. The number of nitrogens with zero attached hydrogens (tertiary/aromatic N) is 1. The molecule has 0 unspecified atom stereocenters. The molecule has 98 valence electrons. The van der Waals surface area contributed by atoms with Crippen molar-refractivity contribution in [3.63, 3.8) is 0 Å². The van der Waals surface area contributed by atoms with Crippen LogP contribution in [0.4, 0.5) is 0 Å². The summed E-state index contributed by atoms with van der Waals surface area (Å²) in [7, 11) is 3.69. The Morgan fingerprint density at radius 1 is 1.44 bits per heavy atom. The van der Waals surface area contributed by atoms with Crippen LogP contribution in [-0.4, -0.2) is 44.1 Å². The van der Waals surface area contributed by atoms with Crippen molar-refractivity contribution in [2.75, 3.05) is 27.2 Å². The Balaban J connectivity index is 1.92. The molecule has 1 aliphatic heterocycles. The van der Waals surface area contributed by atoms with E-state index < -0.39 is 0 Å². The summed E-state index contributed by atoms with van der Waals surface area (Å²) in [6, 6.07) is 8.05. The summed E-state index contributed by atoms with van der Waals surface area (Å²) in [5.41, 5.74) is 1.19. The zero-order valence-corrected chi connectivity index (χ0v) is 11.0. The number of methoxy groups -OCH3 is 1. The van der Waals surface area contributed by atoms with E-state index >= 15 is 0 Å². The highest BCUT2D eigenvalue weighted by molar-refractivity contribution is 5.83. The summed E-state index contributed by atoms with van der Waals surface area (Å²) >= 11 is 0. The lowest BCUT2D eigenvalue weighted by atomic mass is 10.1. The fourth-order valence-corrected chi connectivity index (χ4v) is 2.36. The largest absolute Gasteiger partial charge is 0.496 e. The van der Waals surface area contributed by atoms with Gasteiger partial charge in [0.1, 0.15) is 5.75 Å². The number of benzene rings is 1. The quantitative estimate of drug-likeness (QED) is 0.847. The van der Waals surface area contributed by atoms with E-state index in [1.54, 1.807) is 7.11 Å². The molecule has 0 spiro atoms. The average Bonchev–Trinajstić information content (AvgIpc) is 2.82. The van der Waals surface area contributed by atoms with Gasteiger partial charge < -0.3 is 10.1 Å². The van der Waals surface area contributed by atoms with Crippen molar-refractivity contribution >= 4 is 5.91 Å². The molecular weight excluding hydrogens is 228 g/mol. The van der Waals surface area contributed by atoms with Gasteiger partial charge in [-0.2, -0.15) is 0 Å². The number of carbonyl (C=O) groups is 1. The molecule has 18 heavy (non-hydrogen) atoms. The second-order valence-electron chi connectivity index (χ2n) is 4.64. The second-order valence-corrected chi connectivity index (χ2v) is 4.64. The van der Waals surface area contributed by atoms with Gasteiger partial charge in [0.25, 0.3) is 0 Å². The summed E-state index contributed by atoms with van der Waals surface area (Å²) in [6.45, 7) is 1.65. The highest BCUT2D eigenvalue weighted by Crippen LogP contribution is 2.18. The Kier molecular flexibility index (Phi) is 4.20. The molecular formula is C14H20N2O2. The molecule has 1 aromatic carbocycles. The molecule has 4 heteroatoms. The minimum atomic E-state index is 0.0275. The lowest BCUT2D eigenvalue weighted by molar-refractivity contribution is -0.123. The predicted molar refractivity (Wildman–Crippen MR) is 70.7 cm³/mol. The summed E-state index contributed by atoms with van der Waals surface area (Å²) in [6.07, 6.45) is 1.80. The van der Waals surface area contributed by atoms with Gasteiger partial charge in [-0.05, 0) is 31.5 Å². The third kappa shape index (κ3) is 2.82. The van der Waals surface area contributed by atoms with Crippen LogP contribution in [0, 0.1) is 0 Å². The van der Waals surface area contributed by atoms with Crippen LogP contribution in [0.1, 0.15) is 12.0 Å². The van der Waals surface area contributed by atoms with E-state index in [0.717, 1.165) is 31.7 Å². The fraction of sp³-hybridized carbons (Fsp3) is 0.500. The van der Waals surface area contributed by atoms with Crippen molar-refractivity contribution in [3.8, 4) is 5.75 Å². The molecule has 1 aliphatic rings. The Labute approximate surface area is 108 Å². The molecule has 1 saturated heterocycles. The van der Waals surface area contributed by atoms with Crippen LogP contribution in [0.5, 0.6) is 5.75 Å². The highest BCUT2D eigenvalue weighted by Gasteiger charge is 2.27. The number of amides is 1. The minimum absolute atomic E-state index is 0.0275. The zero-order chi connectivity index (χ0) is 13.0. The first-order chi connectivity index (χ1) is 8.72. The van der Waals surface area contributed by atoms with Crippen LogP contribution in [-0.2, 0) is 11.2 Å². The van der Waals surface area contributed by atoms with Crippen molar-refractivity contribution in [1.29, 1.82) is 0 Å². The molecule has 1 heterocycles. The van der Waals surface area contributed by atoms with Crippen molar-refractivity contribution < 1.29 is 9.53 Å². The van der Waals surface area contributed by atoms with Crippen molar-refractivity contribution in [3.05, 3.63) is 29.8 Å². The number of rotatable bonds is 5. The first-order valence-corrected chi connectivity index (χ1v) is 6.32. The SMILES string of the molecule is COc1ccccc1CCN(C)[C@@H]1CCNC1=O. The Morgan fingerprint density at radius 3 is 2.89 bits per heavy atom. The summed E-state index contributed by atoms with van der Waals surface area (Å²) in [5.74, 6) is 1.07. The summed E-state index contributed by atoms with van der Waals surface area (Å²) in [4.78, 5) is 13.7. The van der Waals surface area contributed by atoms with E-state index in [2.05, 4.69) is 16.3 Å². The Morgan fingerprint density at radius 2 is 2.22 bits per heavy atom. The molecule has 0 aromatic heterocycles. The highest BCUT2D eigenvalue weighted by atomic mass is 16.5. The van der Waals surface area contributed by atoms with Gasteiger partial charge in [-0.15, -0.1) is 0 Å². The molecule has 0 saturated carbocycles. The van der Waals surface area contributed by atoms with Gasteiger partial charge >= 0.3 is 0 Å². The maximum absolute atomic E-state index is 11.6. The molecule has 4 nitrogen and oxygen atoms in total. The molecule has 0 radical (unpaired) electrons. The number of hydrogen-bond acceptors (Lipinski definition) is 3. The maximum atomic E-state index is 11.6. The van der Waals surface area contributed by atoms with E-state index in [-0.39, 0.29) is 11.9 Å². The Bertz CT molecular complexity index is 420. The van der Waals surface area contributed by atoms with E-state index in [1.807, 2.05) is 25.2 Å². The van der Waals surface area contributed by atoms with Crippen LogP contribution in [0.2, 0.25) is 0 Å². The lowest BCUT2D eigenvalue weighted by Gasteiger charge is -2.22. The number of ether oxygens (including phenoxy) is 1. The van der Waals surface area contributed by atoms with Crippen LogP contribution in [0.25, 0.3) is 0 Å². The first-order valence-electron chi connectivity index (χ1n) is 6.32. The number of hydrogen-bond donors (Lipinski definition) is 1. The lowest BCUT2D eigenvalue weighted by Crippen LogP contribution is -2.39. The van der Waals surface area contributed by atoms with Gasteiger partial charge in [0.05, 0.1) is 13.2 Å². The number of carbonyl (C=O) groups excluding carboxylic acids is 1. The third-order valence-electron chi connectivity index (χ3n) is 3.48. The van der Waals surface area contributed by atoms with Crippen LogP contribution in [0.3, 0.4) is 0 Å². The minimum Gasteiger partial charge on any atom is -0.496 e. The van der Waals surface area contributed by atoms with Crippen molar-refractivity contribution in [1.82, 2.24) is 10.2 Å². The van der Waals surface area contributed by atoms with Gasteiger partial charge in [-0.3, -0.25) is 9.69 Å². The molecule has 1 amide bonds.